The second kappa shape index (κ2) is 23.2. The van der Waals surface area contributed by atoms with E-state index in [9.17, 15) is 9.90 Å². The molecule has 0 saturated carbocycles. The predicted octanol–water partition coefficient (Wildman–Crippen LogP) is -5.17. The van der Waals surface area contributed by atoms with E-state index in [1.54, 1.807) is 0 Å². The number of carbonyl (C=O) groups is 1. The first kappa shape index (κ1) is 26.4. The second-order valence-corrected chi connectivity index (χ2v) is 4.21. The number of aliphatic hydroxyl groups is 1. The van der Waals surface area contributed by atoms with Crippen molar-refractivity contribution in [2.45, 2.75) is 0 Å². The standard InChI is InChI=1S/C14H28O9.Na/c15-1-2-18-3-4-19-5-6-20-7-8-21-9-10-22-11-12-23-13-14(16)17;/h15H,1-13H2,(H,16,17);/q;+1/p-1. The van der Waals surface area contributed by atoms with Gasteiger partial charge in [0.1, 0.15) is 0 Å². The molecule has 0 aliphatic heterocycles. The topological polar surface area (TPSA) is 116 Å². The molecule has 0 aliphatic rings. The van der Waals surface area contributed by atoms with Gasteiger partial charge in [-0.05, 0) is 0 Å². The van der Waals surface area contributed by atoms with Crippen molar-refractivity contribution in [1.29, 1.82) is 0 Å². The second-order valence-electron chi connectivity index (χ2n) is 4.21. The first-order chi connectivity index (χ1) is 11.3. The molecule has 138 valence electrons. The van der Waals surface area contributed by atoms with Crippen LogP contribution in [0.5, 0.6) is 0 Å². The Labute approximate surface area is 164 Å². The van der Waals surface area contributed by atoms with Crippen molar-refractivity contribution in [1.82, 2.24) is 0 Å². The Morgan fingerprint density at radius 3 is 1.21 bits per heavy atom. The van der Waals surface area contributed by atoms with Crippen LogP contribution in [0.4, 0.5) is 0 Å². The Morgan fingerprint density at radius 2 is 0.917 bits per heavy atom. The minimum Gasteiger partial charge on any atom is -0.548 e. The van der Waals surface area contributed by atoms with Gasteiger partial charge in [-0.3, -0.25) is 0 Å². The van der Waals surface area contributed by atoms with Crippen LogP contribution in [0.25, 0.3) is 0 Å². The molecule has 0 aromatic rings. The summed E-state index contributed by atoms with van der Waals surface area (Å²) in [5.41, 5.74) is 0. The van der Waals surface area contributed by atoms with E-state index in [1.165, 1.54) is 0 Å². The Kier molecular flexibility index (Phi) is 25.5. The number of carbonyl (C=O) groups excluding carboxylic acids is 1. The predicted molar refractivity (Wildman–Crippen MR) is 77.0 cm³/mol. The summed E-state index contributed by atoms with van der Waals surface area (Å²) in [7, 11) is 0. The number of aliphatic hydroxyl groups excluding tert-OH is 1. The van der Waals surface area contributed by atoms with Crippen molar-refractivity contribution >= 4 is 5.97 Å². The van der Waals surface area contributed by atoms with Crippen molar-refractivity contribution in [3.05, 3.63) is 0 Å². The molecule has 0 saturated heterocycles. The summed E-state index contributed by atoms with van der Waals surface area (Å²) in [6, 6.07) is 0. The number of carboxylic acids is 1. The van der Waals surface area contributed by atoms with Crippen molar-refractivity contribution in [2.75, 3.05) is 85.9 Å². The molecule has 24 heavy (non-hydrogen) atoms. The fraction of sp³-hybridized carbons (Fsp3) is 0.929. The van der Waals surface area contributed by atoms with Gasteiger partial charge in [-0.15, -0.1) is 0 Å². The fourth-order valence-corrected chi connectivity index (χ4v) is 1.32. The maximum atomic E-state index is 10.0. The third-order valence-corrected chi connectivity index (χ3v) is 2.32. The summed E-state index contributed by atoms with van der Waals surface area (Å²) >= 11 is 0. The van der Waals surface area contributed by atoms with Crippen LogP contribution >= 0.6 is 0 Å². The molecular formula is C14H27NaO9. The van der Waals surface area contributed by atoms with E-state index >= 15 is 0 Å². The van der Waals surface area contributed by atoms with Crippen molar-refractivity contribution < 1.29 is 73.0 Å². The van der Waals surface area contributed by atoms with Crippen LogP contribution < -0.4 is 34.7 Å². The van der Waals surface area contributed by atoms with Gasteiger partial charge in [-0.1, -0.05) is 0 Å². The van der Waals surface area contributed by atoms with E-state index in [0.717, 1.165) is 0 Å². The molecule has 0 aromatic carbocycles. The normalized spacial score (nSPS) is 10.5. The van der Waals surface area contributed by atoms with Gasteiger partial charge in [0.2, 0.25) is 0 Å². The zero-order valence-corrected chi connectivity index (χ0v) is 16.4. The van der Waals surface area contributed by atoms with Gasteiger partial charge < -0.3 is 43.4 Å². The van der Waals surface area contributed by atoms with Gasteiger partial charge >= 0.3 is 29.6 Å². The van der Waals surface area contributed by atoms with Gasteiger partial charge in [0.05, 0.1) is 91.9 Å². The third-order valence-electron chi connectivity index (χ3n) is 2.32. The van der Waals surface area contributed by atoms with Crippen LogP contribution in [0.15, 0.2) is 0 Å². The Balaban J connectivity index is 0. The Hall–Kier alpha value is 0.190. The summed E-state index contributed by atoms with van der Waals surface area (Å²) in [6.45, 7) is 4.12. The average molecular weight is 362 g/mol. The number of aliphatic carboxylic acids is 1. The summed E-state index contributed by atoms with van der Waals surface area (Å²) in [5, 5.41) is 18.5. The van der Waals surface area contributed by atoms with Crippen LogP contribution in [0, 0.1) is 0 Å². The van der Waals surface area contributed by atoms with Crippen LogP contribution in [0.2, 0.25) is 0 Å². The molecule has 0 atom stereocenters. The van der Waals surface area contributed by atoms with Crippen LogP contribution in [-0.2, 0) is 33.2 Å². The molecule has 10 heteroatoms. The smallest absolute Gasteiger partial charge is 0.548 e. The average Bonchev–Trinajstić information content (AvgIpc) is 2.53. The van der Waals surface area contributed by atoms with Gasteiger partial charge in [-0.25, -0.2) is 0 Å². The molecule has 0 bridgehead atoms. The molecule has 0 amide bonds. The van der Waals surface area contributed by atoms with Gasteiger partial charge in [0.25, 0.3) is 0 Å². The first-order valence-electron chi connectivity index (χ1n) is 7.54. The zero-order chi connectivity index (χ0) is 17.0. The zero-order valence-electron chi connectivity index (χ0n) is 14.4. The first-order valence-corrected chi connectivity index (χ1v) is 7.54. The number of ether oxygens (including phenoxy) is 6. The molecule has 0 radical (unpaired) electrons. The van der Waals surface area contributed by atoms with Crippen molar-refractivity contribution in [2.24, 2.45) is 0 Å². The fourth-order valence-electron chi connectivity index (χ4n) is 1.32. The van der Waals surface area contributed by atoms with Crippen LogP contribution in [0.1, 0.15) is 0 Å². The molecule has 0 rings (SSSR count). The van der Waals surface area contributed by atoms with E-state index in [2.05, 4.69) is 0 Å². The summed E-state index contributed by atoms with van der Waals surface area (Å²) in [5.74, 6) is -1.24. The number of rotatable bonds is 19. The van der Waals surface area contributed by atoms with Crippen LogP contribution in [0.3, 0.4) is 0 Å². The van der Waals surface area contributed by atoms with Crippen molar-refractivity contribution in [3.8, 4) is 0 Å². The number of carboxylic acid groups (broad SMARTS) is 1. The molecule has 0 aliphatic carbocycles. The van der Waals surface area contributed by atoms with Crippen molar-refractivity contribution in [3.63, 3.8) is 0 Å². The monoisotopic (exact) mass is 362 g/mol. The minimum atomic E-state index is -1.24. The summed E-state index contributed by atoms with van der Waals surface area (Å²) in [6.07, 6.45) is 0. The molecule has 0 heterocycles. The number of hydrogen-bond acceptors (Lipinski definition) is 9. The van der Waals surface area contributed by atoms with Gasteiger partial charge in [0.15, 0.2) is 0 Å². The molecule has 0 fully saturated rings. The van der Waals surface area contributed by atoms with E-state index in [1.807, 2.05) is 0 Å². The molecule has 9 nitrogen and oxygen atoms in total. The van der Waals surface area contributed by atoms with E-state index in [0.29, 0.717) is 66.1 Å². The quantitative estimate of drug-likeness (QED) is 0.178. The van der Waals surface area contributed by atoms with Crippen LogP contribution in [-0.4, -0.2) is 97.0 Å². The minimum absolute atomic E-state index is 0. The van der Waals surface area contributed by atoms with E-state index in [-0.39, 0.29) is 42.8 Å². The van der Waals surface area contributed by atoms with E-state index in [4.69, 9.17) is 33.5 Å². The Bertz CT molecular complexity index is 256. The van der Waals surface area contributed by atoms with Gasteiger partial charge in [-0.2, -0.15) is 0 Å². The molecule has 1 N–H and O–H groups in total. The van der Waals surface area contributed by atoms with Gasteiger partial charge in [0, 0.05) is 0 Å². The molecular weight excluding hydrogens is 335 g/mol. The number of hydrogen-bond donors (Lipinski definition) is 1. The maximum Gasteiger partial charge on any atom is 1.00 e. The summed E-state index contributed by atoms with van der Waals surface area (Å²) in [4.78, 5) is 10.0. The molecule has 0 unspecified atom stereocenters. The molecule has 0 spiro atoms. The SMILES string of the molecule is O=C([O-])COCCOCCOCCOCCOCCOCCO.[Na+]. The maximum absolute atomic E-state index is 10.0. The largest absolute Gasteiger partial charge is 1.00 e. The Morgan fingerprint density at radius 1 is 0.625 bits per heavy atom. The summed E-state index contributed by atoms with van der Waals surface area (Å²) < 4.78 is 30.7. The van der Waals surface area contributed by atoms with E-state index < -0.39 is 12.6 Å². The third kappa shape index (κ3) is 24.4. The molecule has 0 aromatic heterocycles.